The maximum Gasteiger partial charge on any atom is 0.282 e. The number of anilines is 3. The molecule has 1 saturated carbocycles. The van der Waals surface area contributed by atoms with Crippen molar-refractivity contribution in [3.8, 4) is 0 Å². The Morgan fingerprint density at radius 3 is 2.68 bits per heavy atom. The molecule has 5 rings (SSSR count). The number of hydrogen-bond donors (Lipinski definition) is 3. The van der Waals surface area contributed by atoms with Crippen molar-refractivity contribution in [3.63, 3.8) is 0 Å². The average molecular weight is 555 g/mol. The minimum absolute atomic E-state index is 0.183. The van der Waals surface area contributed by atoms with Gasteiger partial charge in [-0.3, -0.25) is 18.8 Å². The van der Waals surface area contributed by atoms with Gasteiger partial charge in [-0.15, -0.1) is 21.5 Å². The number of alkyl halides is 4. The molecule has 3 N–H and O–H groups in total. The summed E-state index contributed by atoms with van der Waals surface area (Å²) in [5.74, 6) is -0.135. The molecular formula is C23H26F4N8O2S. The van der Waals surface area contributed by atoms with Crippen LogP contribution in [-0.4, -0.2) is 49.3 Å². The number of rotatable bonds is 10. The molecule has 0 radical (unpaired) electrons. The van der Waals surface area contributed by atoms with Gasteiger partial charge in [-0.25, -0.2) is 17.6 Å². The van der Waals surface area contributed by atoms with Crippen LogP contribution >= 0.6 is 11.3 Å². The topological polar surface area (TPSA) is 119 Å². The van der Waals surface area contributed by atoms with E-state index < -0.39 is 25.2 Å². The van der Waals surface area contributed by atoms with E-state index in [1.807, 2.05) is 0 Å². The molecule has 0 spiro atoms. The third-order valence-electron chi connectivity index (χ3n) is 6.63. The molecule has 0 bridgehead atoms. The number of fused-ring (bicyclic) bond motifs is 1. The molecule has 2 amide bonds. The molecule has 0 aliphatic heterocycles. The lowest BCUT2D eigenvalue weighted by Crippen LogP contribution is -2.28. The van der Waals surface area contributed by atoms with Crippen LogP contribution in [0, 0.1) is 5.92 Å². The highest BCUT2D eigenvalue weighted by molar-refractivity contribution is 7.17. The lowest BCUT2D eigenvalue weighted by Gasteiger charge is -2.25. The Morgan fingerprint density at radius 2 is 2.00 bits per heavy atom. The predicted octanol–water partition coefficient (Wildman–Crippen LogP) is 4.22. The zero-order valence-electron chi connectivity index (χ0n) is 20.4. The summed E-state index contributed by atoms with van der Waals surface area (Å²) in [5, 5.41) is 20.6. The van der Waals surface area contributed by atoms with Gasteiger partial charge in [0.1, 0.15) is 22.8 Å². The van der Waals surface area contributed by atoms with Crippen molar-refractivity contribution in [2.24, 2.45) is 13.0 Å². The molecule has 2 aliphatic carbocycles. The molecule has 1 fully saturated rings. The summed E-state index contributed by atoms with van der Waals surface area (Å²) in [6.07, 6.45) is -1.22. The number of nitrogens with one attached hydrogen (secondary N) is 3. The Labute approximate surface area is 218 Å². The number of aryl methyl sites for hydroxylation is 2. The maximum atomic E-state index is 13.2. The highest BCUT2D eigenvalue weighted by atomic mass is 32.1. The number of carbonyl (C=O) groups excluding carboxylic acids is 2. The minimum atomic E-state index is -2.79. The van der Waals surface area contributed by atoms with Gasteiger partial charge in [0.15, 0.2) is 0 Å². The average Bonchev–Trinajstić information content (AvgIpc) is 3.27. The molecule has 204 valence electrons. The lowest BCUT2D eigenvalue weighted by molar-refractivity contribution is -0.118. The third kappa shape index (κ3) is 5.66. The summed E-state index contributed by atoms with van der Waals surface area (Å²) in [7, 11) is 1.53. The van der Waals surface area contributed by atoms with Crippen LogP contribution in [0.1, 0.15) is 64.6 Å². The first-order valence-electron chi connectivity index (χ1n) is 12.2. The second-order valence-electron chi connectivity index (χ2n) is 9.47. The smallest absolute Gasteiger partial charge is 0.282 e. The van der Waals surface area contributed by atoms with Gasteiger partial charge < -0.3 is 16.0 Å². The van der Waals surface area contributed by atoms with Gasteiger partial charge in [-0.05, 0) is 43.6 Å². The zero-order valence-corrected chi connectivity index (χ0v) is 21.2. The lowest BCUT2D eigenvalue weighted by atomic mass is 9.91. The molecule has 38 heavy (non-hydrogen) atoms. The standard InChI is InChI=1S/C23H26F4N8O2S/c1-34-17(7-14(33-34)20(26)27)30-23-32-29-10-35(23)12-4-5-15-13(6-12)19(21(37)28-9-11-2-3-11)22(38-15)31-18(36)8-16(24)25/h7,10-12,16,20H,2-6,8-9H2,1H3,(H,28,37)(H,30,32)(H,31,36)/t12-/m0/s1. The van der Waals surface area contributed by atoms with Gasteiger partial charge in [0, 0.05) is 30.6 Å². The highest BCUT2D eigenvalue weighted by Gasteiger charge is 2.32. The second kappa shape index (κ2) is 10.7. The summed E-state index contributed by atoms with van der Waals surface area (Å²) < 4.78 is 54.7. The van der Waals surface area contributed by atoms with Crippen LogP contribution in [0.25, 0.3) is 0 Å². The number of thiophene rings is 1. The summed E-state index contributed by atoms with van der Waals surface area (Å²) >= 11 is 1.23. The fraction of sp³-hybridized carbons (Fsp3) is 0.522. The van der Waals surface area contributed by atoms with E-state index in [1.54, 1.807) is 4.57 Å². The Kier molecular flexibility index (Phi) is 7.36. The number of hydrogen-bond acceptors (Lipinski definition) is 7. The Balaban J connectivity index is 1.40. The fourth-order valence-corrected chi connectivity index (χ4v) is 5.78. The van der Waals surface area contributed by atoms with Crippen molar-refractivity contribution in [1.29, 1.82) is 0 Å². The van der Waals surface area contributed by atoms with E-state index >= 15 is 0 Å². The van der Waals surface area contributed by atoms with Crippen LogP contribution < -0.4 is 16.0 Å². The van der Waals surface area contributed by atoms with Crippen LogP contribution in [0.15, 0.2) is 12.4 Å². The quantitative estimate of drug-likeness (QED) is 0.323. The van der Waals surface area contributed by atoms with Gasteiger partial charge in [-0.1, -0.05) is 0 Å². The number of halogens is 4. The van der Waals surface area contributed by atoms with Crippen LogP contribution in [0.5, 0.6) is 0 Å². The monoisotopic (exact) mass is 554 g/mol. The number of aromatic nitrogens is 5. The van der Waals surface area contributed by atoms with Gasteiger partial charge in [-0.2, -0.15) is 5.10 Å². The highest BCUT2D eigenvalue weighted by Crippen LogP contribution is 2.42. The zero-order chi connectivity index (χ0) is 27.0. The first-order chi connectivity index (χ1) is 18.2. The second-order valence-corrected chi connectivity index (χ2v) is 10.6. The SMILES string of the molecule is Cn1nc(C(F)F)cc1Nc1nncn1[C@H]1CCc2sc(NC(=O)CC(F)F)c(C(=O)NCC3CC3)c2C1. The van der Waals surface area contributed by atoms with Crippen molar-refractivity contribution in [2.75, 3.05) is 17.2 Å². The van der Waals surface area contributed by atoms with Crippen molar-refractivity contribution in [1.82, 2.24) is 29.9 Å². The molecule has 2 aliphatic rings. The van der Waals surface area contributed by atoms with Crippen LogP contribution in [0.3, 0.4) is 0 Å². The minimum Gasteiger partial charge on any atom is -0.352 e. The largest absolute Gasteiger partial charge is 0.352 e. The predicted molar refractivity (Wildman–Crippen MR) is 131 cm³/mol. The molecule has 0 aromatic carbocycles. The van der Waals surface area contributed by atoms with Crippen LogP contribution in [0.4, 0.5) is 34.3 Å². The van der Waals surface area contributed by atoms with Gasteiger partial charge in [0.2, 0.25) is 18.3 Å². The van der Waals surface area contributed by atoms with Gasteiger partial charge >= 0.3 is 0 Å². The first-order valence-corrected chi connectivity index (χ1v) is 13.0. The molecule has 3 aromatic heterocycles. The maximum absolute atomic E-state index is 13.2. The van der Waals surface area contributed by atoms with Crippen molar-refractivity contribution >= 4 is 39.9 Å². The van der Waals surface area contributed by atoms with Crippen molar-refractivity contribution < 1.29 is 27.2 Å². The van der Waals surface area contributed by atoms with Gasteiger partial charge in [0.05, 0.1) is 12.0 Å². The van der Waals surface area contributed by atoms with E-state index in [1.165, 1.54) is 35.5 Å². The van der Waals surface area contributed by atoms with E-state index in [0.29, 0.717) is 49.1 Å². The van der Waals surface area contributed by atoms with E-state index in [0.717, 1.165) is 23.3 Å². The van der Waals surface area contributed by atoms with Gasteiger partial charge in [0.25, 0.3) is 12.3 Å². The molecule has 0 saturated heterocycles. The number of carbonyl (C=O) groups is 2. The Hall–Kier alpha value is -3.49. The van der Waals surface area contributed by atoms with E-state index in [9.17, 15) is 27.2 Å². The Morgan fingerprint density at radius 1 is 1.21 bits per heavy atom. The Bertz CT molecular complexity index is 1330. The summed E-state index contributed by atoms with van der Waals surface area (Å²) in [4.78, 5) is 26.2. The normalized spacial score (nSPS) is 17.1. The van der Waals surface area contributed by atoms with E-state index in [4.69, 9.17) is 0 Å². The van der Waals surface area contributed by atoms with E-state index in [2.05, 4.69) is 31.2 Å². The van der Waals surface area contributed by atoms with Crippen LogP contribution in [0.2, 0.25) is 0 Å². The van der Waals surface area contributed by atoms with E-state index in [-0.39, 0.29) is 22.6 Å². The molecular weight excluding hydrogens is 528 g/mol. The summed E-state index contributed by atoms with van der Waals surface area (Å²) in [6, 6.07) is 1.05. The first kappa shape index (κ1) is 26.1. The van der Waals surface area contributed by atoms with Crippen molar-refractivity contribution in [2.45, 2.75) is 57.4 Å². The number of amides is 2. The van der Waals surface area contributed by atoms with Crippen molar-refractivity contribution in [3.05, 3.63) is 34.1 Å². The molecule has 10 nitrogen and oxygen atoms in total. The number of nitrogens with zero attached hydrogens (tertiary/aromatic N) is 5. The summed E-state index contributed by atoms with van der Waals surface area (Å²) in [5.41, 5.74) is 0.672. The summed E-state index contributed by atoms with van der Waals surface area (Å²) in [6.45, 7) is 0.516. The third-order valence-corrected chi connectivity index (χ3v) is 7.84. The fourth-order valence-electron chi connectivity index (χ4n) is 4.52. The molecule has 15 heteroatoms. The molecule has 1 atom stereocenters. The molecule has 0 unspecified atom stereocenters. The molecule has 3 aromatic rings. The molecule has 3 heterocycles. The van der Waals surface area contributed by atoms with Crippen LogP contribution in [-0.2, 0) is 24.7 Å².